The summed E-state index contributed by atoms with van der Waals surface area (Å²) in [5.74, 6) is 0.302. The molecule has 3 aromatic carbocycles. The molecule has 1 N–H and O–H groups in total. The van der Waals surface area contributed by atoms with Gasteiger partial charge in [0, 0.05) is 9.13 Å². The average Bonchev–Trinajstić information content (AvgIpc) is 3.14. The highest BCUT2D eigenvalue weighted by molar-refractivity contribution is 14.1. The highest BCUT2D eigenvalue weighted by atomic mass is 127. The number of fused-ring (bicyclic) bond motifs is 1. The van der Waals surface area contributed by atoms with Crippen molar-refractivity contribution in [1.82, 2.24) is 5.32 Å². The smallest absolute Gasteiger partial charge is 0.339 e. The predicted molar refractivity (Wildman–Crippen MR) is 127 cm³/mol. The molecule has 3 aromatic rings. The number of nitrogens with zero attached hydrogens (tertiary/aromatic N) is 2. The lowest BCUT2D eigenvalue weighted by atomic mass is 10.0. The highest BCUT2D eigenvalue weighted by Crippen LogP contribution is 2.29. The van der Waals surface area contributed by atoms with Gasteiger partial charge in [0.15, 0.2) is 10.9 Å². The molecule has 7 nitrogen and oxygen atoms in total. The van der Waals surface area contributed by atoms with Crippen LogP contribution in [0.2, 0.25) is 0 Å². The molecule has 1 amide bonds. The van der Waals surface area contributed by atoms with Crippen LogP contribution in [-0.2, 0) is 14.9 Å². The molecule has 0 saturated carbocycles. The third-order valence-corrected chi connectivity index (χ3v) is 6.99. The lowest BCUT2D eigenvalue weighted by Crippen LogP contribution is -2.19. The maximum Gasteiger partial charge on any atom is 0.339 e. The summed E-state index contributed by atoms with van der Waals surface area (Å²) >= 11 is 3.35. The van der Waals surface area contributed by atoms with Gasteiger partial charge in [-0.2, -0.15) is 13.5 Å². The molecule has 1 aliphatic heterocycles. The van der Waals surface area contributed by atoms with Gasteiger partial charge in [-0.3, -0.25) is 4.79 Å². The van der Waals surface area contributed by atoms with Crippen LogP contribution in [0.3, 0.4) is 0 Å². The fraction of sp³-hybridized carbons (Fsp3) is 0.0500. The van der Waals surface area contributed by atoms with E-state index in [-0.39, 0.29) is 16.6 Å². The first-order valence-corrected chi connectivity index (χ1v) is 12.2. The topological polar surface area (TPSA) is 97.2 Å². The van der Waals surface area contributed by atoms with Crippen molar-refractivity contribution >= 4 is 72.5 Å². The summed E-state index contributed by atoms with van der Waals surface area (Å²) in [5, 5.41) is 12.7. The molecule has 1 fully saturated rings. The number of halogens is 1. The summed E-state index contributed by atoms with van der Waals surface area (Å²) in [5.41, 5.74) is 0.473. The third-order valence-electron chi connectivity index (χ3n) is 4.15. The van der Waals surface area contributed by atoms with E-state index in [4.69, 9.17) is 4.18 Å². The predicted octanol–water partition coefficient (Wildman–Crippen LogP) is 3.77. The Bertz CT molecular complexity index is 1290. The van der Waals surface area contributed by atoms with Crippen molar-refractivity contribution < 1.29 is 17.4 Å². The lowest BCUT2D eigenvalue weighted by Gasteiger charge is -2.11. The van der Waals surface area contributed by atoms with Crippen molar-refractivity contribution in [2.45, 2.75) is 4.90 Å². The zero-order chi connectivity index (χ0) is 21.1. The molecule has 1 heterocycles. The van der Waals surface area contributed by atoms with E-state index in [1.165, 1.54) is 30.1 Å². The van der Waals surface area contributed by atoms with E-state index in [0.29, 0.717) is 16.5 Å². The van der Waals surface area contributed by atoms with Gasteiger partial charge in [-0.1, -0.05) is 42.1 Å². The van der Waals surface area contributed by atoms with E-state index < -0.39 is 10.1 Å². The molecule has 1 saturated heterocycles. The summed E-state index contributed by atoms with van der Waals surface area (Å²) < 4.78 is 31.9. The standard InChI is InChI=1S/C20H14IN3O4S2/c21-14-6-8-15(9-7-14)30(26,27)28-18-10-5-13-3-1-2-4-16(13)17(18)11-22-24-20-23-19(25)12-29-20/h1-11H,12H2,(H,23,24,25)/b22-11-. The SMILES string of the molecule is O=C1CS/C(=N/N=C\c2c(OS(=O)(=O)c3ccc(I)cc3)ccc3ccccc23)N1. The number of amides is 1. The number of nitrogens with one attached hydrogen (secondary N) is 1. The molecule has 0 atom stereocenters. The molecule has 0 radical (unpaired) electrons. The summed E-state index contributed by atoms with van der Waals surface area (Å²) in [6, 6.07) is 17.2. The molecule has 0 bridgehead atoms. The van der Waals surface area contributed by atoms with Crippen molar-refractivity contribution in [1.29, 1.82) is 0 Å². The number of benzene rings is 3. The molecule has 10 heteroatoms. The van der Waals surface area contributed by atoms with Crippen molar-refractivity contribution in [3.05, 3.63) is 69.8 Å². The van der Waals surface area contributed by atoms with E-state index in [1.54, 1.807) is 24.3 Å². The van der Waals surface area contributed by atoms with Crippen LogP contribution in [0.5, 0.6) is 5.75 Å². The van der Waals surface area contributed by atoms with Gasteiger partial charge in [0.05, 0.1) is 12.0 Å². The molecule has 4 rings (SSSR count). The molecule has 30 heavy (non-hydrogen) atoms. The van der Waals surface area contributed by atoms with E-state index in [1.807, 2.05) is 24.3 Å². The maximum atomic E-state index is 12.8. The first kappa shape index (κ1) is 20.8. The quantitative estimate of drug-likeness (QED) is 0.226. The van der Waals surface area contributed by atoms with E-state index in [0.717, 1.165) is 14.3 Å². The van der Waals surface area contributed by atoms with Crippen LogP contribution in [-0.4, -0.2) is 31.5 Å². The third kappa shape index (κ3) is 4.65. The minimum absolute atomic E-state index is 0.0595. The number of hydrogen-bond donors (Lipinski definition) is 1. The molecule has 0 aromatic heterocycles. The fourth-order valence-corrected chi connectivity index (χ4v) is 4.71. The average molecular weight is 551 g/mol. The van der Waals surface area contributed by atoms with Crippen molar-refractivity contribution in [2.75, 3.05) is 5.75 Å². The molecular weight excluding hydrogens is 537 g/mol. The maximum absolute atomic E-state index is 12.8. The molecule has 152 valence electrons. The van der Waals surface area contributed by atoms with Gasteiger partial charge in [0.1, 0.15) is 4.90 Å². The Morgan fingerprint density at radius 1 is 1.07 bits per heavy atom. The van der Waals surface area contributed by atoms with Crippen LogP contribution in [0.15, 0.2) is 75.8 Å². The molecule has 0 unspecified atom stereocenters. The lowest BCUT2D eigenvalue weighted by molar-refractivity contribution is -0.116. The first-order chi connectivity index (χ1) is 14.4. The van der Waals surface area contributed by atoms with E-state index >= 15 is 0 Å². The Morgan fingerprint density at radius 2 is 1.83 bits per heavy atom. The number of rotatable bonds is 5. The zero-order valence-corrected chi connectivity index (χ0v) is 19.1. The Labute approximate surface area is 190 Å². The number of amidine groups is 1. The Hall–Kier alpha value is -2.44. The van der Waals surface area contributed by atoms with Gasteiger partial charge in [-0.25, -0.2) is 0 Å². The highest BCUT2D eigenvalue weighted by Gasteiger charge is 2.20. The number of carbonyl (C=O) groups is 1. The van der Waals surface area contributed by atoms with Crippen molar-refractivity contribution in [3.63, 3.8) is 0 Å². The molecular formula is C20H14IN3O4S2. The molecule has 0 spiro atoms. The summed E-state index contributed by atoms with van der Waals surface area (Å²) in [6.45, 7) is 0. The second-order valence-electron chi connectivity index (χ2n) is 6.18. The van der Waals surface area contributed by atoms with Gasteiger partial charge >= 0.3 is 10.1 Å². The second-order valence-corrected chi connectivity index (χ2v) is 9.93. The number of hydrogen-bond acceptors (Lipinski definition) is 7. The number of carbonyl (C=O) groups excluding carboxylic acids is 1. The fourth-order valence-electron chi connectivity index (χ4n) is 2.77. The Morgan fingerprint density at radius 3 is 2.57 bits per heavy atom. The molecule has 0 aliphatic carbocycles. The summed E-state index contributed by atoms with van der Waals surface area (Å²) in [7, 11) is -4.03. The minimum Gasteiger partial charge on any atom is -0.378 e. The van der Waals surface area contributed by atoms with E-state index in [9.17, 15) is 13.2 Å². The monoisotopic (exact) mass is 551 g/mol. The van der Waals surface area contributed by atoms with Crippen LogP contribution < -0.4 is 9.50 Å². The van der Waals surface area contributed by atoms with Crippen LogP contribution in [0.4, 0.5) is 0 Å². The normalized spacial score (nSPS) is 15.8. The Kier molecular flexibility index (Phi) is 6.06. The Balaban J connectivity index is 1.73. The van der Waals surface area contributed by atoms with Crippen LogP contribution in [0.1, 0.15) is 5.56 Å². The van der Waals surface area contributed by atoms with Gasteiger partial charge in [-0.15, -0.1) is 5.10 Å². The van der Waals surface area contributed by atoms with E-state index in [2.05, 4.69) is 38.1 Å². The number of thioether (sulfide) groups is 1. The molecule has 1 aliphatic rings. The summed E-state index contributed by atoms with van der Waals surface area (Å²) in [6.07, 6.45) is 1.43. The van der Waals surface area contributed by atoms with Gasteiger partial charge in [0.25, 0.3) is 0 Å². The second kappa shape index (κ2) is 8.74. The van der Waals surface area contributed by atoms with Gasteiger partial charge < -0.3 is 9.50 Å². The van der Waals surface area contributed by atoms with Crippen molar-refractivity contribution in [2.24, 2.45) is 10.2 Å². The zero-order valence-electron chi connectivity index (χ0n) is 15.3. The first-order valence-electron chi connectivity index (χ1n) is 8.68. The van der Waals surface area contributed by atoms with Gasteiger partial charge in [-0.05, 0) is 63.7 Å². The van der Waals surface area contributed by atoms with Crippen LogP contribution in [0, 0.1) is 3.57 Å². The van der Waals surface area contributed by atoms with Crippen LogP contribution >= 0.6 is 34.4 Å². The van der Waals surface area contributed by atoms with Crippen LogP contribution in [0.25, 0.3) is 10.8 Å². The largest absolute Gasteiger partial charge is 0.378 e. The minimum atomic E-state index is -4.03. The summed E-state index contributed by atoms with van der Waals surface area (Å²) in [4.78, 5) is 11.3. The van der Waals surface area contributed by atoms with Crippen molar-refractivity contribution in [3.8, 4) is 5.75 Å². The van der Waals surface area contributed by atoms with Gasteiger partial charge in [0.2, 0.25) is 5.91 Å².